The zero-order valence-electron chi connectivity index (χ0n) is 22.0. The highest BCUT2D eigenvalue weighted by Crippen LogP contribution is 2.30. The molecule has 0 bridgehead atoms. The summed E-state index contributed by atoms with van der Waals surface area (Å²) in [5.74, 6) is -0.0569. The number of hydrogen-bond acceptors (Lipinski definition) is 6. The fraction of sp³-hybridized carbons (Fsp3) is 0.300. The first-order valence-electron chi connectivity index (χ1n) is 12.4. The summed E-state index contributed by atoms with van der Waals surface area (Å²) >= 11 is 0. The highest BCUT2D eigenvalue weighted by molar-refractivity contribution is 6.00. The van der Waals surface area contributed by atoms with Crippen LogP contribution in [-0.4, -0.2) is 38.0 Å². The Balaban J connectivity index is 1.29. The molecule has 4 rings (SSSR count). The topological polar surface area (TPSA) is 94.2 Å². The van der Waals surface area contributed by atoms with Crippen molar-refractivity contribution in [2.45, 2.75) is 32.6 Å². The molecule has 0 saturated carbocycles. The number of ether oxygens (including phenoxy) is 3. The summed E-state index contributed by atoms with van der Waals surface area (Å²) in [5.41, 5.74) is 2.43. The largest absolute Gasteiger partial charge is 0.495 e. The van der Waals surface area contributed by atoms with E-state index >= 15 is 0 Å². The molecule has 3 aromatic carbocycles. The van der Waals surface area contributed by atoms with Crippen LogP contribution in [0.15, 0.2) is 72.8 Å². The molecule has 1 N–H and O–H groups in total. The number of carbonyl (C=O) groups excluding carboxylic acids is 3. The van der Waals surface area contributed by atoms with Gasteiger partial charge in [0.05, 0.1) is 18.7 Å². The molecule has 198 valence electrons. The maximum atomic E-state index is 12.6. The Labute approximate surface area is 222 Å². The van der Waals surface area contributed by atoms with Crippen molar-refractivity contribution >= 4 is 29.2 Å². The maximum absolute atomic E-state index is 12.6. The lowest BCUT2D eigenvalue weighted by atomic mass is 9.87. The molecule has 0 aliphatic carbocycles. The van der Waals surface area contributed by atoms with Gasteiger partial charge in [-0.2, -0.15) is 0 Å². The average molecular weight is 517 g/mol. The molecule has 38 heavy (non-hydrogen) atoms. The van der Waals surface area contributed by atoms with E-state index in [1.54, 1.807) is 53.4 Å². The van der Waals surface area contributed by atoms with Gasteiger partial charge in [-0.3, -0.25) is 14.4 Å². The van der Waals surface area contributed by atoms with E-state index in [-0.39, 0.29) is 24.3 Å². The third kappa shape index (κ3) is 6.51. The summed E-state index contributed by atoms with van der Waals surface area (Å²) in [7, 11) is 1.50. The number of esters is 1. The quantitative estimate of drug-likeness (QED) is 0.407. The molecule has 0 spiro atoms. The van der Waals surface area contributed by atoms with Crippen molar-refractivity contribution in [3.63, 3.8) is 0 Å². The smallest absolute Gasteiger partial charge is 0.311 e. The number of para-hydroxylation sites is 2. The number of rotatable bonds is 8. The molecule has 1 saturated heterocycles. The van der Waals surface area contributed by atoms with Crippen LogP contribution in [0, 0.1) is 5.92 Å². The Kier molecular flexibility index (Phi) is 8.00. The molecule has 0 unspecified atom stereocenters. The molecule has 1 heterocycles. The molecule has 1 fully saturated rings. The molecule has 1 aliphatic rings. The first kappa shape index (κ1) is 26.7. The second kappa shape index (κ2) is 11.4. The summed E-state index contributed by atoms with van der Waals surface area (Å²) in [6.07, 6.45) is 0.0192. The van der Waals surface area contributed by atoms with Crippen molar-refractivity contribution in [1.82, 2.24) is 0 Å². The molecule has 3 aromatic rings. The van der Waals surface area contributed by atoms with Gasteiger partial charge in [-0.1, -0.05) is 45.0 Å². The van der Waals surface area contributed by atoms with Gasteiger partial charge in [0.2, 0.25) is 5.91 Å². The molecule has 2 amide bonds. The molecule has 0 aromatic heterocycles. The Morgan fingerprint density at radius 2 is 1.58 bits per heavy atom. The maximum Gasteiger partial charge on any atom is 0.311 e. The lowest BCUT2D eigenvalue weighted by Gasteiger charge is -2.19. The second-order valence-corrected chi connectivity index (χ2v) is 10.1. The van der Waals surface area contributed by atoms with Gasteiger partial charge in [0.1, 0.15) is 17.2 Å². The van der Waals surface area contributed by atoms with Crippen LogP contribution in [0.4, 0.5) is 11.4 Å². The van der Waals surface area contributed by atoms with Gasteiger partial charge in [-0.25, -0.2) is 0 Å². The molecule has 1 atom stereocenters. The lowest BCUT2D eigenvalue weighted by molar-refractivity contribution is -0.151. The molecule has 8 heteroatoms. The summed E-state index contributed by atoms with van der Waals surface area (Å²) in [6.45, 7) is 6.20. The van der Waals surface area contributed by atoms with Crippen LogP contribution in [0.2, 0.25) is 0 Å². The standard InChI is InChI=1S/C30H32N2O6/c1-30(2,3)21-9-13-23(14-10-21)38-24-15-11-22(12-16-24)32-18-20(17-28(32)34)29(35)37-19-27(33)31-25-7-5-6-8-26(25)36-4/h5-16,20H,17-19H2,1-4H3,(H,31,33)/t20-/m0/s1. The Bertz CT molecular complexity index is 1300. The van der Waals surface area contributed by atoms with E-state index in [0.717, 1.165) is 5.75 Å². The summed E-state index contributed by atoms with van der Waals surface area (Å²) in [6, 6.07) is 22.0. The second-order valence-electron chi connectivity index (χ2n) is 10.1. The van der Waals surface area contributed by atoms with Crippen LogP contribution in [0.5, 0.6) is 17.2 Å². The number of methoxy groups -OCH3 is 1. The third-order valence-corrected chi connectivity index (χ3v) is 6.29. The molecule has 1 aliphatic heterocycles. The van der Waals surface area contributed by atoms with Crippen molar-refractivity contribution in [3.8, 4) is 17.2 Å². The number of nitrogens with one attached hydrogen (secondary N) is 1. The van der Waals surface area contributed by atoms with Gasteiger partial charge < -0.3 is 24.4 Å². The lowest BCUT2D eigenvalue weighted by Crippen LogP contribution is -2.28. The predicted molar refractivity (Wildman–Crippen MR) is 145 cm³/mol. The minimum atomic E-state index is -0.654. The van der Waals surface area contributed by atoms with Crippen LogP contribution in [-0.2, 0) is 24.5 Å². The van der Waals surface area contributed by atoms with E-state index in [9.17, 15) is 14.4 Å². The van der Waals surface area contributed by atoms with E-state index in [1.165, 1.54) is 12.7 Å². The predicted octanol–water partition coefficient (Wildman–Crippen LogP) is 5.32. The number of carbonyl (C=O) groups is 3. The highest BCUT2D eigenvalue weighted by Gasteiger charge is 2.36. The van der Waals surface area contributed by atoms with E-state index in [2.05, 4.69) is 26.1 Å². The van der Waals surface area contributed by atoms with Gasteiger partial charge in [0.15, 0.2) is 6.61 Å². The van der Waals surface area contributed by atoms with Crippen LogP contribution >= 0.6 is 0 Å². The van der Waals surface area contributed by atoms with E-state index < -0.39 is 24.4 Å². The Morgan fingerprint density at radius 3 is 2.21 bits per heavy atom. The molecular formula is C30H32N2O6. The number of benzene rings is 3. The van der Waals surface area contributed by atoms with E-state index in [4.69, 9.17) is 14.2 Å². The number of amides is 2. The minimum absolute atomic E-state index is 0.0192. The first-order valence-corrected chi connectivity index (χ1v) is 12.4. The van der Waals surface area contributed by atoms with Crippen molar-refractivity contribution in [3.05, 3.63) is 78.4 Å². The number of anilines is 2. The third-order valence-electron chi connectivity index (χ3n) is 6.29. The average Bonchev–Trinajstić information content (AvgIpc) is 3.29. The Morgan fingerprint density at radius 1 is 0.947 bits per heavy atom. The van der Waals surface area contributed by atoms with Crippen LogP contribution in [0.25, 0.3) is 0 Å². The van der Waals surface area contributed by atoms with Crippen LogP contribution in [0.1, 0.15) is 32.8 Å². The van der Waals surface area contributed by atoms with Crippen molar-refractivity contribution < 1.29 is 28.6 Å². The molecular weight excluding hydrogens is 484 g/mol. The fourth-order valence-electron chi connectivity index (χ4n) is 4.16. The first-order chi connectivity index (χ1) is 18.1. The minimum Gasteiger partial charge on any atom is -0.495 e. The van der Waals surface area contributed by atoms with Crippen molar-refractivity contribution in [2.24, 2.45) is 5.92 Å². The van der Waals surface area contributed by atoms with Gasteiger partial charge in [-0.15, -0.1) is 0 Å². The summed E-state index contributed by atoms with van der Waals surface area (Å²) in [4.78, 5) is 39.0. The SMILES string of the molecule is COc1ccccc1NC(=O)COC(=O)[C@H]1CC(=O)N(c2ccc(Oc3ccc(C(C)(C)C)cc3)cc2)C1. The monoisotopic (exact) mass is 516 g/mol. The van der Waals surface area contributed by atoms with Crippen molar-refractivity contribution in [2.75, 3.05) is 30.5 Å². The van der Waals surface area contributed by atoms with Gasteiger partial charge in [0, 0.05) is 18.7 Å². The van der Waals surface area contributed by atoms with Crippen LogP contribution < -0.4 is 19.7 Å². The summed E-state index contributed by atoms with van der Waals surface area (Å²) in [5, 5.41) is 2.65. The molecule has 0 radical (unpaired) electrons. The van der Waals surface area contributed by atoms with Gasteiger partial charge >= 0.3 is 5.97 Å². The van der Waals surface area contributed by atoms with Crippen molar-refractivity contribution in [1.29, 1.82) is 0 Å². The summed E-state index contributed by atoms with van der Waals surface area (Å²) < 4.78 is 16.3. The zero-order valence-corrected chi connectivity index (χ0v) is 22.0. The molecule has 8 nitrogen and oxygen atoms in total. The fourth-order valence-corrected chi connectivity index (χ4v) is 4.16. The zero-order chi connectivity index (χ0) is 27.3. The van der Waals surface area contributed by atoms with E-state index in [1.807, 2.05) is 24.3 Å². The van der Waals surface area contributed by atoms with E-state index in [0.29, 0.717) is 22.9 Å². The van der Waals surface area contributed by atoms with Gasteiger partial charge in [-0.05, 0) is 59.5 Å². The van der Waals surface area contributed by atoms with Crippen LogP contribution in [0.3, 0.4) is 0 Å². The number of hydrogen-bond donors (Lipinski definition) is 1. The Hall–Kier alpha value is -4.33. The van der Waals surface area contributed by atoms with Gasteiger partial charge in [0.25, 0.3) is 5.91 Å². The normalized spacial score (nSPS) is 15.2. The highest BCUT2D eigenvalue weighted by atomic mass is 16.5. The number of nitrogens with zero attached hydrogens (tertiary/aromatic N) is 1.